The largest absolute Gasteiger partial charge is 0.342 e. The Labute approximate surface area is 177 Å². The predicted molar refractivity (Wildman–Crippen MR) is 119 cm³/mol. The summed E-state index contributed by atoms with van der Waals surface area (Å²) in [6.07, 6.45) is 2.43. The SMILES string of the molecule is CCC(C(=O)N1CCC2(CC1)SCC(=O)N2c1ccc(C)cc1)c1ccccc1. The van der Waals surface area contributed by atoms with Crippen molar-refractivity contribution in [3.63, 3.8) is 0 Å². The van der Waals surface area contributed by atoms with Gasteiger partial charge in [-0.05, 0) is 43.9 Å². The molecule has 0 aliphatic carbocycles. The molecule has 0 saturated carbocycles. The van der Waals surface area contributed by atoms with Gasteiger partial charge in [0.2, 0.25) is 11.8 Å². The predicted octanol–water partition coefficient (Wildman–Crippen LogP) is 4.59. The molecule has 2 amide bonds. The first-order chi connectivity index (χ1) is 14.0. The molecule has 2 aromatic carbocycles. The Morgan fingerprint density at radius 3 is 2.34 bits per heavy atom. The number of carbonyl (C=O) groups is 2. The molecule has 4 rings (SSSR count). The van der Waals surface area contributed by atoms with Gasteiger partial charge in [-0.3, -0.25) is 14.5 Å². The third-order valence-electron chi connectivity index (χ3n) is 6.18. The Kier molecular flexibility index (Phi) is 5.68. The van der Waals surface area contributed by atoms with Crippen molar-refractivity contribution in [3.8, 4) is 0 Å². The van der Waals surface area contributed by atoms with Crippen LogP contribution in [0.2, 0.25) is 0 Å². The van der Waals surface area contributed by atoms with Crippen LogP contribution in [0.4, 0.5) is 5.69 Å². The Morgan fingerprint density at radius 2 is 1.72 bits per heavy atom. The van der Waals surface area contributed by atoms with Crippen molar-refractivity contribution in [1.82, 2.24) is 4.90 Å². The van der Waals surface area contributed by atoms with Crippen molar-refractivity contribution < 1.29 is 9.59 Å². The van der Waals surface area contributed by atoms with Gasteiger partial charge in [-0.25, -0.2) is 0 Å². The van der Waals surface area contributed by atoms with Gasteiger partial charge in [0.1, 0.15) is 0 Å². The summed E-state index contributed by atoms with van der Waals surface area (Å²) in [4.78, 5) is 29.7. The number of benzene rings is 2. The lowest BCUT2D eigenvalue weighted by molar-refractivity contribution is -0.134. The zero-order valence-corrected chi connectivity index (χ0v) is 18.0. The van der Waals surface area contributed by atoms with Crippen molar-refractivity contribution in [3.05, 3.63) is 65.7 Å². The van der Waals surface area contributed by atoms with E-state index in [1.54, 1.807) is 11.8 Å². The van der Waals surface area contributed by atoms with Crippen LogP contribution < -0.4 is 4.90 Å². The lowest BCUT2D eigenvalue weighted by Crippen LogP contribution is -2.53. The first-order valence-corrected chi connectivity index (χ1v) is 11.4. The molecule has 0 bridgehead atoms. The number of likely N-dealkylation sites (tertiary alicyclic amines) is 1. The summed E-state index contributed by atoms with van der Waals surface area (Å²) >= 11 is 1.74. The highest BCUT2D eigenvalue weighted by Crippen LogP contribution is 2.47. The lowest BCUT2D eigenvalue weighted by atomic mass is 9.93. The second kappa shape index (κ2) is 8.23. The van der Waals surface area contributed by atoms with Crippen LogP contribution in [0.5, 0.6) is 0 Å². The lowest BCUT2D eigenvalue weighted by Gasteiger charge is -2.44. The molecule has 2 aromatic rings. The van der Waals surface area contributed by atoms with Crippen LogP contribution in [0.3, 0.4) is 0 Å². The molecule has 0 N–H and O–H groups in total. The molecular formula is C24H28N2O2S. The molecule has 2 aliphatic heterocycles. The van der Waals surface area contributed by atoms with Gasteiger partial charge in [0.05, 0.1) is 16.5 Å². The summed E-state index contributed by atoms with van der Waals surface area (Å²) in [7, 11) is 0. The number of rotatable bonds is 4. The van der Waals surface area contributed by atoms with Gasteiger partial charge >= 0.3 is 0 Å². The monoisotopic (exact) mass is 408 g/mol. The number of anilines is 1. The van der Waals surface area contributed by atoms with E-state index in [-0.39, 0.29) is 22.6 Å². The molecule has 2 aliphatic rings. The number of aryl methyl sites for hydroxylation is 1. The van der Waals surface area contributed by atoms with E-state index in [0.29, 0.717) is 18.8 Å². The Balaban J connectivity index is 1.50. The maximum Gasteiger partial charge on any atom is 0.238 e. The van der Waals surface area contributed by atoms with Crippen LogP contribution in [-0.2, 0) is 9.59 Å². The molecule has 0 aromatic heterocycles. The highest BCUT2D eigenvalue weighted by Gasteiger charge is 2.49. The minimum Gasteiger partial charge on any atom is -0.342 e. The summed E-state index contributed by atoms with van der Waals surface area (Å²) in [6.45, 7) is 5.53. The molecule has 5 heteroatoms. The fourth-order valence-corrected chi connectivity index (χ4v) is 5.86. The van der Waals surface area contributed by atoms with Crippen LogP contribution in [0, 0.1) is 6.92 Å². The smallest absolute Gasteiger partial charge is 0.238 e. The summed E-state index contributed by atoms with van der Waals surface area (Å²) in [5, 5.41) is 0. The maximum absolute atomic E-state index is 13.2. The quantitative estimate of drug-likeness (QED) is 0.743. The minimum atomic E-state index is -0.225. The number of amides is 2. The van der Waals surface area contributed by atoms with E-state index in [2.05, 4.69) is 26.0 Å². The molecule has 2 saturated heterocycles. The van der Waals surface area contributed by atoms with Gasteiger partial charge in [-0.15, -0.1) is 11.8 Å². The van der Waals surface area contributed by atoms with Crippen LogP contribution in [-0.4, -0.2) is 40.4 Å². The molecule has 2 fully saturated rings. The normalized spacial score (nSPS) is 19.6. The fourth-order valence-electron chi connectivity index (χ4n) is 4.53. The number of nitrogens with zero attached hydrogens (tertiary/aromatic N) is 2. The molecule has 1 unspecified atom stereocenters. The summed E-state index contributed by atoms with van der Waals surface area (Å²) < 4.78 is 0. The summed E-state index contributed by atoms with van der Waals surface area (Å²) in [5.74, 6) is 0.819. The van der Waals surface area contributed by atoms with Crippen LogP contribution in [0.25, 0.3) is 0 Å². The topological polar surface area (TPSA) is 40.6 Å². The highest BCUT2D eigenvalue weighted by molar-refractivity contribution is 8.02. The Morgan fingerprint density at radius 1 is 1.07 bits per heavy atom. The molecule has 1 spiro atoms. The van der Waals surface area contributed by atoms with Crippen molar-refractivity contribution in [1.29, 1.82) is 0 Å². The summed E-state index contributed by atoms with van der Waals surface area (Å²) in [5.41, 5.74) is 3.25. The molecule has 29 heavy (non-hydrogen) atoms. The molecular weight excluding hydrogens is 380 g/mol. The molecule has 1 atom stereocenters. The third-order valence-corrected chi connectivity index (χ3v) is 7.70. The van der Waals surface area contributed by atoms with Crippen LogP contribution >= 0.6 is 11.8 Å². The van der Waals surface area contributed by atoms with E-state index in [0.717, 1.165) is 30.5 Å². The average molecular weight is 409 g/mol. The van der Waals surface area contributed by atoms with Gasteiger partial charge in [0.25, 0.3) is 0 Å². The first kappa shape index (κ1) is 20.0. The van der Waals surface area contributed by atoms with Gasteiger partial charge in [0.15, 0.2) is 0 Å². The molecule has 152 valence electrons. The number of hydrogen-bond donors (Lipinski definition) is 0. The van der Waals surface area contributed by atoms with Crippen molar-refractivity contribution >= 4 is 29.3 Å². The maximum atomic E-state index is 13.2. The molecule has 0 radical (unpaired) electrons. The number of hydrogen-bond acceptors (Lipinski definition) is 3. The standard InChI is InChI=1S/C24H28N2O2S/c1-3-21(19-7-5-4-6-8-19)23(28)25-15-13-24(14-16-25)26(22(27)17-29-24)20-11-9-18(2)10-12-20/h4-12,21H,3,13-17H2,1-2H3. The fraction of sp³-hybridized carbons (Fsp3) is 0.417. The molecule has 2 heterocycles. The highest BCUT2D eigenvalue weighted by atomic mass is 32.2. The third kappa shape index (κ3) is 3.80. The first-order valence-electron chi connectivity index (χ1n) is 10.4. The second-order valence-electron chi connectivity index (χ2n) is 8.00. The van der Waals surface area contributed by atoms with E-state index in [4.69, 9.17) is 0 Å². The summed E-state index contributed by atoms with van der Waals surface area (Å²) in [6, 6.07) is 18.3. The second-order valence-corrected chi connectivity index (χ2v) is 9.33. The minimum absolute atomic E-state index is 0.0867. The Bertz CT molecular complexity index is 874. The van der Waals surface area contributed by atoms with Crippen LogP contribution in [0.15, 0.2) is 54.6 Å². The van der Waals surface area contributed by atoms with Crippen molar-refractivity contribution in [2.24, 2.45) is 0 Å². The zero-order valence-electron chi connectivity index (χ0n) is 17.1. The van der Waals surface area contributed by atoms with E-state index < -0.39 is 0 Å². The zero-order chi connectivity index (χ0) is 20.4. The van der Waals surface area contributed by atoms with E-state index >= 15 is 0 Å². The Hall–Kier alpha value is -2.27. The van der Waals surface area contributed by atoms with Gasteiger partial charge in [-0.1, -0.05) is 55.0 Å². The number of piperidine rings is 1. The number of carbonyl (C=O) groups excluding carboxylic acids is 2. The van der Waals surface area contributed by atoms with Crippen LogP contribution in [0.1, 0.15) is 43.2 Å². The van der Waals surface area contributed by atoms with E-state index in [1.165, 1.54) is 5.56 Å². The number of thioether (sulfide) groups is 1. The van der Waals surface area contributed by atoms with Gasteiger partial charge < -0.3 is 4.90 Å². The average Bonchev–Trinajstić information content (AvgIpc) is 3.06. The van der Waals surface area contributed by atoms with E-state index in [9.17, 15) is 9.59 Å². The van der Waals surface area contributed by atoms with E-state index in [1.807, 2.05) is 52.3 Å². The van der Waals surface area contributed by atoms with Gasteiger partial charge in [-0.2, -0.15) is 0 Å². The van der Waals surface area contributed by atoms with Crippen molar-refractivity contribution in [2.45, 2.75) is 43.9 Å². The van der Waals surface area contributed by atoms with Crippen molar-refractivity contribution in [2.75, 3.05) is 23.7 Å². The molecule has 4 nitrogen and oxygen atoms in total. The van der Waals surface area contributed by atoms with Gasteiger partial charge in [0, 0.05) is 18.8 Å².